The van der Waals surface area contributed by atoms with Crippen LogP contribution in [-0.4, -0.2) is 44.5 Å². The molecule has 0 N–H and O–H groups in total. The number of hydrogen-bond acceptors (Lipinski definition) is 3. The van der Waals surface area contributed by atoms with Crippen molar-refractivity contribution < 1.29 is 13.2 Å². The number of nitrogens with zero attached hydrogens (tertiary/aromatic N) is 2. The topological polar surface area (TPSA) is 57.7 Å². The molecule has 1 rings (SSSR count). The first-order chi connectivity index (χ1) is 9.77. The highest BCUT2D eigenvalue weighted by Gasteiger charge is 2.23. The molecule has 1 unspecified atom stereocenters. The highest BCUT2D eigenvalue weighted by Crippen LogP contribution is 2.14. The van der Waals surface area contributed by atoms with Gasteiger partial charge in [-0.1, -0.05) is 25.1 Å². The summed E-state index contributed by atoms with van der Waals surface area (Å²) in [7, 11) is -1.60. The third kappa shape index (κ3) is 5.13. The molecule has 0 spiro atoms. The Bertz CT molecular complexity index is 558. The maximum Gasteiger partial charge on any atom is 0.228 e. The largest absolute Gasteiger partial charge is 0.315 e. The zero-order chi connectivity index (χ0) is 16.0. The van der Waals surface area contributed by atoms with Gasteiger partial charge in [-0.3, -0.25) is 4.79 Å². The fourth-order valence-corrected chi connectivity index (χ4v) is 3.31. The lowest BCUT2D eigenvalue weighted by Gasteiger charge is -2.26. The van der Waals surface area contributed by atoms with Crippen molar-refractivity contribution in [2.75, 3.05) is 24.7 Å². The van der Waals surface area contributed by atoms with Gasteiger partial charge in [-0.05, 0) is 25.5 Å². The van der Waals surface area contributed by atoms with Gasteiger partial charge in [0.15, 0.2) is 0 Å². The van der Waals surface area contributed by atoms with Gasteiger partial charge in [0, 0.05) is 31.7 Å². The van der Waals surface area contributed by atoms with Gasteiger partial charge in [-0.25, -0.2) is 8.42 Å². The monoisotopic (exact) mass is 312 g/mol. The van der Waals surface area contributed by atoms with E-state index in [0.29, 0.717) is 0 Å². The van der Waals surface area contributed by atoms with E-state index in [1.807, 2.05) is 44.2 Å². The summed E-state index contributed by atoms with van der Waals surface area (Å²) in [6, 6.07) is 9.20. The van der Waals surface area contributed by atoms with E-state index >= 15 is 0 Å². The zero-order valence-corrected chi connectivity index (χ0v) is 13.9. The minimum atomic E-state index is -3.30. The van der Waals surface area contributed by atoms with Crippen LogP contribution in [0.3, 0.4) is 0 Å². The second-order valence-electron chi connectivity index (χ2n) is 5.17. The Kier molecular flexibility index (Phi) is 6.36. The molecule has 0 saturated carbocycles. The minimum absolute atomic E-state index is 0.0989. The molecule has 21 heavy (non-hydrogen) atoms. The molecule has 0 heterocycles. The molecule has 118 valence electrons. The summed E-state index contributed by atoms with van der Waals surface area (Å²) in [5.74, 6) is -0.0989. The van der Waals surface area contributed by atoms with Gasteiger partial charge in [0.2, 0.25) is 15.9 Å². The first kappa shape index (κ1) is 17.7. The maximum absolute atomic E-state index is 12.2. The van der Waals surface area contributed by atoms with E-state index in [9.17, 15) is 13.2 Å². The van der Waals surface area contributed by atoms with E-state index in [-0.39, 0.29) is 24.9 Å². The Balaban J connectivity index is 2.70. The van der Waals surface area contributed by atoms with Crippen molar-refractivity contribution in [3.8, 4) is 0 Å². The summed E-state index contributed by atoms with van der Waals surface area (Å²) in [4.78, 5) is 13.7. The van der Waals surface area contributed by atoms with Crippen molar-refractivity contribution in [2.24, 2.45) is 0 Å². The van der Waals surface area contributed by atoms with E-state index in [2.05, 4.69) is 0 Å². The number of rotatable bonds is 7. The summed E-state index contributed by atoms with van der Waals surface area (Å²) in [6.45, 7) is 4.00. The summed E-state index contributed by atoms with van der Waals surface area (Å²) in [6.07, 6.45) is 2.07. The van der Waals surface area contributed by atoms with Crippen LogP contribution >= 0.6 is 0 Å². The van der Waals surface area contributed by atoms with Gasteiger partial charge in [-0.15, -0.1) is 0 Å². The molecule has 0 aromatic heterocycles. The van der Waals surface area contributed by atoms with Gasteiger partial charge in [0.05, 0.1) is 6.26 Å². The van der Waals surface area contributed by atoms with Crippen LogP contribution in [0.5, 0.6) is 0 Å². The van der Waals surface area contributed by atoms with Crippen LogP contribution < -0.4 is 4.90 Å². The molecule has 0 aliphatic rings. The Morgan fingerprint density at radius 2 is 1.81 bits per heavy atom. The predicted molar refractivity (Wildman–Crippen MR) is 85.8 cm³/mol. The number of amides is 1. The van der Waals surface area contributed by atoms with Crippen molar-refractivity contribution >= 4 is 21.6 Å². The second-order valence-corrected chi connectivity index (χ2v) is 7.10. The fraction of sp³-hybridized carbons (Fsp3) is 0.533. The average molecular weight is 312 g/mol. The summed E-state index contributed by atoms with van der Waals surface area (Å²) in [5, 5.41) is 0. The lowest BCUT2D eigenvalue weighted by Crippen LogP contribution is -2.40. The molecule has 0 saturated heterocycles. The lowest BCUT2D eigenvalue weighted by molar-refractivity contribution is -0.118. The number of hydrogen-bond donors (Lipinski definition) is 0. The van der Waals surface area contributed by atoms with Crippen molar-refractivity contribution in [3.05, 3.63) is 30.3 Å². The molecule has 1 aromatic carbocycles. The maximum atomic E-state index is 12.2. The quantitative estimate of drug-likeness (QED) is 0.775. The number of para-hydroxylation sites is 1. The summed E-state index contributed by atoms with van der Waals surface area (Å²) >= 11 is 0. The molecule has 0 bridgehead atoms. The predicted octanol–water partition coefficient (Wildman–Crippen LogP) is 2.10. The molecule has 1 aromatic rings. The standard InChI is InChI=1S/C15H24N2O3S/c1-5-13(2)17(21(4,19)20)12-11-15(18)16(3)14-9-7-6-8-10-14/h6-10,13H,5,11-12H2,1-4H3. The molecule has 0 aliphatic heterocycles. The van der Waals surface area contributed by atoms with Gasteiger partial charge in [0.1, 0.15) is 0 Å². The molecule has 0 radical (unpaired) electrons. The molecule has 5 nitrogen and oxygen atoms in total. The van der Waals surface area contributed by atoms with Gasteiger partial charge in [-0.2, -0.15) is 4.31 Å². The van der Waals surface area contributed by atoms with Crippen LogP contribution in [0.1, 0.15) is 26.7 Å². The Labute approximate surface area is 127 Å². The van der Waals surface area contributed by atoms with Crippen LogP contribution in [0.25, 0.3) is 0 Å². The lowest BCUT2D eigenvalue weighted by atomic mass is 10.2. The third-order valence-corrected chi connectivity index (χ3v) is 4.97. The van der Waals surface area contributed by atoms with Crippen molar-refractivity contribution in [1.82, 2.24) is 4.31 Å². The number of carbonyl (C=O) groups excluding carboxylic acids is 1. The highest BCUT2D eigenvalue weighted by atomic mass is 32.2. The van der Waals surface area contributed by atoms with Crippen molar-refractivity contribution in [2.45, 2.75) is 32.7 Å². The van der Waals surface area contributed by atoms with Gasteiger partial charge in [0.25, 0.3) is 0 Å². The average Bonchev–Trinajstić information content (AvgIpc) is 2.45. The number of sulfonamides is 1. The molecule has 0 fully saturated rings. The van der Waals surface area contributed by atoms with Crippen LogP contribution in [0, 0.1) is 0 Å². The van der Waals surface area contributed by atoms with Crippen molar-refractivity contribution in [3.63, 3.8) is 0 Å². The van der Waals surface area contributed by atoms with E-state index < -0.39 is 10.0 Å². The molecule has 0 aliphatic carbocycles. The van der Waals surface area contributed by atoms with E-state index in [1.54, 1.807) is 11.9 Å². The number of anilines is 1. The van der Waals surface area contributed by atoms with E-state index in [0.717, 1.165) is 12.1 Å². The van der Waals surface area contributed by atoms with Crippen LogP contribution in [0.2, 0.25) is 0 Å². The van der Waals surface area contributed by atoms with Crippen molar-refractivity contribution in [1.29, 1.82) is 0 Å². The second kappa shape index (κ2) is 7.56. The first-order valence-corrected chi connectivity index (χ1v) is 8.90. The Morgan fingerprint density at radius 3 is 2.29 bits per heavy atom. The number of carbonyl (C=O) groups is 1. The molecule has 1 amide bonds. The van der Waals surface area contributed by atoms with Crippen LogP contribution in [0.4, 0.5) is 5.69 Å². The van der Waals surface area contributed by atoms with Crippen LogP contribution in [0.15, 0.2) is 30.3 Å². The van der Waals surface area contributed by atoms with Gasteiger partial charge < -0.3 is 4.90 Å². The molecular formula is C15H24N2O3S. The normalized spacial score (nSPS) is 13.2. The SMILES string of the molecule is CCC(C)N(CCC(=O)N(C)c1ccccc1)S(C)(=O)=O. The fourth-order valence-electron chi connectivity index (χ4n) is 2.09. The molecular weight excluding hydrogens is 288 g/mol. The molecule has 6 heteroatoms. The minimum Gasteiger partial charge on any atom is -0.315 e. The van der Waals surface area contributed by atoms with E-state index in [1.165, 1.54) is 10.6 Å². The Morgan fingerprint density at radius 1 is 1.24 bits per heavy atom. The number of benzene rings is 1. The Hall–Kier alpha value is -1.40. The van der Waals surface area contributed by atoms with Gasteiger partial charge >= 0.3 is 0 Å². The first-order valence-electron chi connectivity index (χ1n) is 7.05. The zero-order valence-electron chi connectivity index (χ0n) is 13.1. The van der Waals surface area contributed by atoms with Crippen LogP contribution in [-0.2, 0) is 14.8 Å². The summed E-state index contributed by atoms with van der Waals surface area (Å²) < 4.78 is 25.0. The van der Waals surface area contributed by atoms with E-state index in [4.69, 9.17) is 0 Å². The molecule has 1 atom stereocenters. The highest BCUT2D eigenvalue weighted by molar-refractivity contribution is 7.88. The smallest absolute Gasteiger partial charge is 0.228 e. The summed E-state index contributed by atoms with van der Waals surface area (Å²) in [5.41, 5.74) is 0.803. The third-order valence-electron chi connectivity index (χ3n) is 3.57.